The Labute approximate surface area is 97.7 Å². The van der Waals surface area contributed by atoms with Crippen LogP contribution in [0.5, 0.6) is 0 Å². The highest BCUT2D eigenvalue weighted by atomic mass is 32.1. The summed E-state index contributed by atoms with van der Waals surface area (Å²) in [6.07, 6.45) is 4.84. The Bertz CT molecular complexity index is 508. The molecule has 2 aromatic rings. The van der Waals surface area contributed by atoms with Gasteiger partial charge in [0.15, 0.2) is 5.82 Å². The van der Waals surface area contributed by atoms with Gasteiger partial charge in [0.1, 0.15) is 5.01 Å². The molecule has 3 rings (SSSR count). The van der Waals surface area contributed by atoms with E-state index in [1.165, 1.54) is 12.8 Å². The van der Waals surface area contributed by atoms with Gasteiger partial charge in [-0.15, -0.1) is 10.2 Å². The average Bonchev–Trinajstić information content (AvgIpc) is 2.96. The van der Waals surface area contributed by atoms with Gasteiger partial charge in [-0.2, -0.15) is 9.61 Å². The molecule has 0 atom stereocenters. The number of aryl methyl sites for hydroxylation is 1. The predicted molar refractivity (Wildman–Crippen MR) is 62.6 cm³/mol. The smallest absolute Gasteiger partial charge is 0.234 e. The van der Waals surface area contributed by atoms with Crippen molar-refractivity contribution in [3.05, 3.63) is 10.8 Å². The van der Waals surface area contributed by atoms with E-state index in [2.05, 4.69) is 15.3 Å². The van der Waals surface area contributed by atoms with Crippen molar-refractivity contribution in [3.63, 3.8) is 0 Å². The Hall–Kier alpha value is -1.01. The number of hydrogen-bond acceptors (Lipinski definition) is 5. The van der Waals surface area contributed by atoms with Crippen molar-refractivity contribution in [2.24, 2.45) is 5.73 Å². The van der Waals surface area contributed by atoms with Crippen LogP contribution in [-0.2, 0) is 5.41 Å². The fraction of sp³-hybridized carbons (Fsp3) is 0.700. The standard InChI is InChI=1S/C10H15N5S/c1-7-12-13-9-15(7)14-8(16-9)10(6-11)4-2-3-5-10/h2-6,11H2,1H3. The third-order valence-corrected chi connectivity index (χ3v) is 4.70. The van der Waals surface area contributed by atoms with Gasteiger partial charge in [0.2, 0.25) is 4.96 Å². The molecule has 0 aromatic carbocycles. The Morgan fingerprint density at radius 3 is 2.75 bits per heavy atom. The number of nitrogens with two attached hydrogens (primary N) is 1. The SMILES string of the molecule is Cc1nnc2sc(C3(CN)CCCC3)nn12. The van der Waals surface area contributed by atoms with E-state index in [0.29, 0.717) is 6.54 Å². The van der Waals surface area contributed by atoms with E-state index in [0.717, 1.165) is 28.6 Å². The van der Waals surface area contributed by atoms with Crippen LogP contribution in [0.3, 0.4) is 0 Å². The van der Waals surface area contributed by atoms with Gasteiger partial charge in [-0.25, -0.2) is 0 Å². The summed E-state index contributed by atoms with van der Waals surface area (Å²) in [7, 11) is 0. The summed E-state index contributed by atoms with van der Waals surface area (Å²) in [5, 5.41) is 13.9. The van der Waals surface area contributed by atoms with Crippen molar-refractivity contribution in [2.75, 3.05) is 6.54 Å². The van der Waals surface area contributed by atoms with E-state index in [9.17, 15) is 0 Å². The maximum absolute atomic E-state index is 5.95. The molecular formula is C10H15N5S. The maximum Gasteiger partial charge on any atom is 0.234 e. The van der Waals surface area contributed by atoms with Crippen molar-refractivity contribution in [1.29, 1.82) is 0 Å². The van der Waals surface area contributed by atoms with Crippen molar-refractivity contribution in [1.82, 2.24) is 19.8 Å². The molecule has 0 amide bonds. The zero-order valence-electron chi connectivity index (χ0n) is 9.31. The molecule has 0 aliphatic heterocycles. The van der Waals surface area contributed by atoms with Crippen molar-refractivity contribution in [3.8, 4) is 0 Å². The second kappa shape index (κ2) is 3.49. The summed E-state index contributed by atoms with van der Waals surface area (Å²) in [5.41, 5.74) is 6.06. The summed E-state index contributed by atoms with van der Waals surface area (Å²) < 4.78 is 1.83. The number of aromatic nitrogens is 4. The highest BCUT2D eigenvalue weighted by Gasteiger charge is 2.37. The van der Waals surface area contributed by atoms with Gasteiger partial charge < -0.3 is 5.73 Å². The summed E-state index contributed by atoms with van der Waals surface area (Å²) in [5.74, 6) is 0.850. The van der Waals surface area contributed by atoms with Gasteiger partial charge in [-0.1, -0.05) is 24.2 Å². The zero-order valence-corrected chi connectivity index (χ0v) is 10.1. The highest BCUT2D eigenvalue weighted by Crippen LogP contribution is 2.41. The van der Waals surface area contributed by atoms with Crippen LogP contribution < -0.4 is 5.73 Å². The molecule has 1 aliphatic rings. The van der Waals surface area contributed by atoms with Gasteiger partial charge in [0.05, 0.1) is 0 Å². The molecule has 86 valence electrons. The Kier molecular flexibility index (Phi) is 2.22. The summed E-state index contributed by atoms with van der Waals surface area (Å²) in [6, 6.07) is 0. The normalized spacial score (nSPS) is 19.6. The first kappa shape index (κ1) is 10.2. The first-order valence-corrected chi connectivity index (χ1v) is 6.46. The molecule has 2 N–H and O–H groups in total. The number of fused-ring (bicyclic) bond motifs is 1. The molecule has 16 heavy (non-hydrogen) atoms. The first-order chi connectivity index (χ1) is 7.75. The van der Waals surface area contributed by atoms with Crippen LogP contribution in [0, 0.1) is 6.92 Å². The Balaban J connectivity index is 2.10. The van der Waals surface area contributed by atoms with Gasteiger partial charge >= 0.3 is 0 Å². The van der Waals surface area contributed by atoms with Crippen molar-refractivity contribution >= 4 is 16.3 Å². The van der Waals surface area contributed by atoms with Crippen LogP contribution in [-0.4, -0.2) is 26.4 Å². The van der Waals surface area contributed by atoms with Crippen LogP contribution in [0.2, 0.25) is 0 Å². The largest absolute Gasteiger partial charge is 0.329 e. The van der Waals surface area contributed by atoms with E-state index in [1.54, 1.807) is 11.3 Å². The third-order valence-electron chi connectivity index (χ3n) is 3.55. The number of rotatable bonds is 2. The quantitative estimate of drug-likeness (QED) is 0.854. The summed E-state index contributed by atoms with van der Waals surface area (Å²) in [4.78, 5) is 0.882. The molecule has 0 saturated heterocycles. The first-order valence-electron chi connectivity index (χ1n) is 5.65. The van der Waals surface area contributed by atoms with E-state index in [-0.39, 0.29) is 5.41 Å². The molecule has 1 fully saturated rings. The zero-order chi connectivity index (χ0) is 11.2. The molecule has 1 saturated carbocycles. The molecule has 2 heterocycles. The lowest BCUT2D eigenvalue weighted by atomic mass is 9.87. The Morgan fingerprint density at radius 2 is 2.12 bits per heavy atom. The molecule has 0 spiro atoms. The monoisotopic (exact) mass is 237 g/mol. The molecule has 5 nitrogen and oxygen atoms in total. The van der Waals surface area contributed by atoms with Gasteiger partial charge in [0.25, 0.3) is 0 Å². The van der Waals surface area contributed by atoms with E-state index >= 15 is 0 Å². The van der Waals surface area contributed by atoms with Crippen LogP contribution in [0.25, 0.3) is 4.96 Å². The fourth-order valence-electron chi connectivity index (χ4n) is 2.49. The molecular weight excluding hydrogens is 222 g/mol. The number of nitrogens with zero attached hydrogens (tertiary/aromatic N) is 4. The second-order valence-electron chi connectivity index (χ2n) is 4.54. The Morgan fingerprint density at radius 1 is 1.38 bits per heavy atom. The van der Waals surface area contributed by atoms with Gasteiger partial charge in [-0.05, 0) is 19.8 Å². The lowest BCUT2D eigenvalue weighted by Gasteiger charge is -2.23. The van der Waals surface area contributed by atoms with Crippen molar-refractivity contribution < 1.29 is 0 Å². The minimum atomic E-state index is 0.109. The van der Waals surface area contributed by atoms with E-state index in [4.69, 9.17) is 5.73 Å². The molecule has 6 heteroatoms. The topological polar surface area (TPSA) is 69.1 Å². The summed E-state index contributed by atoms with van der Waals surface area (Å²) in [6.45, 7) is 2.61. The van der Waals surface area contributed by atoms with Gasteiger partial charge in [0, 0.05) is 12.0 Å². The van der Waals surface area contributed by atoms with E-state index in [1.807, 2.05) is 11.4 Å². The predicted octanol–water partition coefficient (Wildman–Crippen LogP) is 1.26. The molecule has 2 aromatic heterocycles. The minimum absolute atomic E-state index is 0.109. The van der Waals surface area contributed by atoms with Crippen LogP contribution in [0.4, 0.5) is 0 Å². The number of hydrogen-bond donors (Lipinski definition) is 1. The van der Waals surface area contributed by atoms with Gasteiger partial charge in [-0.3, -0.25) is 0 Å². The molecule has 0 radical (unpaired) electrons. The molecule has 1 aliphatic carbocycles. The van der Waals surface area contributed by atoms with E-state index < -0.39 is 0 Å². The van der Waals surface area contributed by atoms with Crippen LogP contribution in [0.15, 0.2) is 0 Å². The lowest BCUT2D eigenvalue weighted by Crippen LogP contribution is -2.32. The van der Waals surface area contributed by atoms with Crippen LogP contribution in [0.1, 0.15) is 36.5 Å². The third kappa shape index (κ3) is 1.29. The highest BCUT2D eigenvalue weighted by molar-refractivity contribution is 7.16. The molecule has 0 bridgehead atoms. The van der Waals surface area contributed by atoms with Crippen LogP contribution >= 0.6 is 11.3 Å². The molecule has 0 unspecified atom stereocenters. The maximum atomic E-state index is 5.95. The minimum Gasteiger partial charge on any atom is -0.329 e. The van der Waals surface area contributed by atoms with Crippen molar-refractivity contribution in [2.45, 2.75) is 38.0 Å². The summed E-state index contributed by atoms with van der Waals surface area (Å²) >= 11 is 1.64. The second-order valence-corrected chi connectivity index (χ2v) is 5.50. The lowest BCUT2D eigenvalue weighted by molar-refractivity contribution is 0.444. The fourth-order valence-corrected chi connectivity index (χ4v) is 3.63. The average molecular weight is 237 g/mol.